The van der Waals surface area contributed by atoms with Gasteiger partial charge in [-0.1, -0.05) is 6.07 Å². The van der Waals surface area contributed by atoms with Crippen LogP contribution in [0.2, 0.25) is 0 Å². The van der Waals surface area contributed by atoms with E-state index in [1.54, 1.807) is 17.5 Å². The lowest BCUT2D eigenvalue weighted by Crippen LogP contribution is -2.38. The normalized spacial score (nSPS) is 15.3. The third-order valence-corrected chi connectivity index (χ3v) is 5.52. The largest absolute Gasteiger partial charge is 0.490 e. The number of imidazole rings is 1. The first kappa shape index (κ1) is 30.5. The molecule has 208 valence electrons. The van der Waals surface area contributed by atoms with Gasteiger partial charge in [-0.25, -0.2) is 24.5 Å². The molecule has 0 fully saturated rings. The molecule has 4 rings (SSSR count). The number of carbonyl (C=O) groups is 2. The van der Waals surface area contributed by atoms with Gasteiger partial charge in [-0.3, -0.25) is 4.90 Å². The van der Waals surface area contributed by atoms with Gasteiger partial charge in [0.05, 0.1) is 24.6 Å². The number of pyridine rings is 1. The highest BCUT2D eigenvalue weighted by Gasteiger charge is 2.38. The van der Waals surface area contributed by atoms with Crippen molar-refractivity contribution in [3.63, 3.8) is 0 Å². The number of rotatable bonds is 5. The van der Waals surface area contributed by atoms with Crippen LogP contribution in [-0.2, 0) is 22.7 Å². The summed E-state index contributed by atoms with van der Waals surface area (Å²) in [5.74, 6) is -4.85. The Morgan fingerprint density at radius 2 is 1.76 bits per heavy atom. The van der Waals surface area contributed by atoms with E-state index in [0.29, 0.717) is 12.5 Å². The monoisotopic (exact) mass is 569 g/mol. The third kappa shape index (κ3) is 9.97. The van der Waals surface area contributed by atoms with Gasteiger partial charge in [0.1, 0.15) is 11.6 Å². The predicted octanol–water partition coefficient (Wildman–Crippen LogP) is 3.95. The van der Waals surface area contributed by atoms with E-state index >= 15 is 0 Å². The van der Waals surface area contributed by atoms with Gasteiger partial charge in [-0.2, -0.15) is 26.3 Å². The number of halogens is 6. The molecule has 2 N–H and O–H groups in total. The fourth-order valence-corrected chi connectivity index (χ4v) is 3.81. The number of carboxylic acid groups (broad SMARTS) is 2. The maximum atomic E-state index is 10.6. The van der Waals surface area contributed by atoms with Crippen molar-refractivity contribution >= 4 is 23.3 Å². The average Bonchev–Trinajstić information content (AvgIpc) is 3.46. The minimum Gasteiger partial charge on any atom is -0.475 e. The number of ether oxygens (including phenoxy) is 1. The summed E-state index contributed by atoms with van der Waals surface area (Å²) < 4.78 is 71.6. The lowest BCUT2D eigenvalue weighted by atomic mass is 10.2. The molecule has 4 heterocycles. The molecule has 1 atom stereocenters. The number of nitrogens with zero attached hydrogens (tertiary/aromatic N) is 5. The molecule has 3 aromatic rings. The standard InChI is InChI=1S/C17H19N5OS.2C2HF3O2/c1-13-11-24-17(20-13)9-21-7-14-6-18-12-22(14)15(8-21)10-23-16-4-2-3-5-19-16;2*3-2(4,5)1(6)7/h2-6,11-12,15H,7-10H2,1H3;2*(H,6,7). The predicted molar refractivity (Wildman–Crippen MR) is 119 cm³/mol. The molecular weight excluding hydrogens is 548 g/mol. The molecule has 10 nitrogen and oxygen atoms in total. The molecule has 0 saturated heterocycles. The van der Waals surface area contributed by atoms with Crippen LogP contribution in [0, 0.1) is 6.92 Å². The molecule has 0 saturated carbocycles. The molecular formula is C21H21F6N5O5S. The zero-order chi connectivity index (χ0) is 28.5. The number of aromatic nitrogens is 4. The zero-order valence-corrected chi connectivity index (χ0v) is 20.3. The maximum absolute atomic E-state index is 10.6. The molecule has 0 amide bonds. The summed E-state index contributed by atoms with van der Waals surface area (Å²) in [6.07, 6.45) is -4.59. The molecule has 1 aliphatic rings. The van der Waals surface area contributed by atoms with Gasteiger partial charge < -0.3 is 19.5 Å². The molecule has 1 unspecified atom stereocenters. The van der Waals surface area contributed by atoms with Crippen LogP contribution in [0.15, 0.2) is 42.3 Å². The summed E-state index contributed by atoms with van der Waals surface area (Å²) in [6.45, 7) is 5.28. The Balaban J connectivity index is 0.000000301. The Hall–Kier alpha value is -3.73. The second-order valence-corrected chi connectivity index (χ2v) is 8.53. The van der Waals surface area contributed by atoms with Crippen molar-refractivity contribution in [1.29, 1.82) is 0 Å². The van der Waals surface area contributed by atoms with Crippen molar-refractivity contribution in [3.05, 3.63) is 58.7 Å². The SMILES string of the molecule is Cc1csc(CN2Cc3cncn3C(COc3ccccn3)C2)n1.O=C(O)C(F)(F)F.O=C(O)C(F)(F)F. The van der Waals surface area contributed by atoms with Gasteiger partial charge in [0, 0.05) is 42.6 Å². The summed E-state index contributed by atoms with van der Waals surface area (Å²) in [5.41, 5.74) is 2.30. The van der Waals surface area contributed by atoms with Gasteiger partial charge in [0.15, 0.2) is 0 Å². The van der Waals surface area contributed by atoms with Crippen molar-refractivity contribution in [2.24, 2.45) is 0 Å². The summed E-state index contributed by atoms with van der Waals surface area (Å²) in [7, 11) is 0. The fraction of sp³-hybridized carbons (Fsp3) is 0.381. The number of hydrogen-bond donors (Lipinski definition) is 2. The first-order valence-electron chi connectivity index (χ1n) is 10.4. The van der Waals surface area contributed by atoms with Crippen molar-refractivity contribution in [3.8, 4) is 5.88 Å². The number of fused-ring (bicyclic) bond motifs is 1. The van der Waals surface area contributed by atoms with Crippen LogP contribution in [-0.4, -0.2) is 72.1 Å². The second-order valence-electron chi connectivity index (χ2n) is 7.58. The van der Waals surface area contributed by atoms with Gasteiger partial charge >= 0.3 is 24.3 Å². The van der Waals surface area contributed by atoms with Crippen molar-refractivity contribution in [1.82, 2.24) is 24.4 Å². The molecule has 0 aromatic carbocycles. The van der Waals surface area contributed by atoms with Crippen molar-refractivity contribution in [2.45, 2.75) is 38.4 Å². The lowest BCUT2D eigenvalue weighted by Gasteiger charge is -2.33. The Morgan fingerprint density at radius 3 is 2.26 bits per heavy atom. The summed E-state index contributed by atoms with van der Waals surface area (Å²) in [5, 5.41) is 17.5. The van der Waals surface area contributed by atoms with E-state index < -0.39 is 24.3 Å². The molecule has 0 spiro atoms. The highest BCUT2D eigenvalue weighted by Crippen LogP contribution is 2.24. The van der Waals surface area contributed by atoms with E-state index in [1.807, 2.05) is 37.6 Å². The Morgan fingerprint density at radius 1 is 1.13 bits per heavy atom. The summed E-state index contributed by atoms with van der Waals surface area (Å²) >= 11 is 1.72. The summed E-state index contributed by atoms with van der Waals surface area (Å²) in [4.78, 5) is 33.3. The van der Waals surface area contributed by atoms with Crippen molar-refractivity contribution in [2.75, 3.05) is 13.2 Å². The molecule has 17 heteroatoms. The average molecular weight is 569 g/mol. The molecule has 38 heavy (non-hydrogen) atoms. The molecule has 0 bridgehead atoms. The van der Waals surface area contributed by atoms with E-state index in [0.717, 1.165) is 30.3 Å². The Bertz CT molecular complexity index is 1160. The van der Waals surface area contributed by atoms with Crippen LogP contribution < -0.4 is 4.74 Å². The highest BCUT2D eigenvalue weighted by atomic mass is 32.1. The van der Waals surface area contributed by atoms with Crippen LogP contribution >= 0.6 is 11.3 Å². The van der Waals surface area contributed by atoms with Crippen LogP contribution in [0.25, 0.3) is 0 Å². The molecule has 0 radical (unpaired) electrons. The Kier molecular flexibility index (Phi) is 10.6. The number of aryl methyl sites for hydroxylation is 1. The first-order valence-corrected chi connectivity index (χ1v) is 11.3. The highest BCUT2D eigenvalue weighted by molar-refractivity contribution is 7.09. The number of aliphatic carboxylic acids is 2. The minimum absolute atomic E-state index is 0.222. The van der Waals surface area contributed by atoms with Gasteiger partial charge in [-0.05, 0) is 13.0 Å². The minimum atomic E-state index is -5.08. The number of alkyl halides is 6. The third-order valence-electron chi connectivity index (χ3n) is 4.57. The zero-order valence-electron chi connectivity index (χ0n) is 19.5. The lowest BCUT2D eigenvalue weighted by molar-refractivity contribution is -0.193. The molecule has 3 aromatic heterocycles. The molecule has 1 aliphatic heterocycles. The van der Waals surface area contributed by atoms with Crippen LogP contribution in [0.1, 0.15) is 22.4 Å². The number of thiazole rings is 1. The van der Waals surface area contributed by atoms with Gasteiger partial charge in [-0.15, -0.1) is 11.3 Å². The van der Waals surface area contributed by atoms with E-state index in [2.05, 4.69) is 29.8 Å². The van der Waals surface area contributed by atoms with Crippen LogP contribution in [0.4, 0.5) is 26.3 Å². The maximum Gasteiger partial charge on any atom is 0.490 e. The summed E-state index contributed by atoms with van der Waals surface area (Å²) in [6, 6.07) is 5.93. The van der Waals surface area contributed by atoms with Gasteiger partial charge in [0.2, 0.25) is 5.88 Å². The smallest absolute Gasteiger partial charge is 0.475 e. The topological polar surface area (TPSA) is 131 Å². The quantitative estimate of drug-likeness (QED) is 0.439. The van der Waals surface area contributed by atoms with Gasteiger partial charge in [0.25, 0.3) is 0 Å². The number of carboxylic acids is 2. The second kappa shape index (κ2) is 13.2. The molecule has 0 aliphatic carbocycles. The van der Waals surface area contributed by atoms with Crippen molar-refractivity contribution < 1.29 is 50.9 Å². The first-order chi connectivity index (χ1) is 17.7. The van der Waals surface area contributed by atoms with Crippen LogP contribution in [0.5, 0.6) is 5.88 Å². The van der Waals surface area contributed by atoms with Crippen LogP contribution in [0.3, 0.4) is 0 Å². The van der Waals surface area contributed by atoms with E-state index in [4.69, 9.17) is 24.5 Å². The van der Waals surface area contributed by atoms with E-state index in [1.165, 1.54) is 5.69 Å². The van der Waals surface area contributed by atoms with E-state index in [-0.39, 0.29) is 6.04 Å². The Labute approximate surface area is 215 Å². The number of hydrogen-bond acceptors (Lipinski definition) is 8. The fourth-order valence-electron chi connectivity index (χ4n) is 3.00. The van der Waals surface area contributed by atoms with E-state index in [9.17, 15) is 26.3 Å².